The van der Waals surface area contributed by atoms with E-state index in [9.17, 15) is 0 Å². The summed E-state index contributed by atoms with van der Waals surface area (Å²) in [6.07, 6.45) is 8.95. The van der Waals surface area contributed by atoms with Crippen LogP contribution in [0.15, 0.2) is 30.3 Å². The van der Waals surface area contributed by atoms with Crippen LogP contribution in [0.25, 0.3) is 0 Å². The number of hydrogen-bond acceptors (Lipinski definition) is 2. The van der Waals surface area contributed by atoms with Gasteiger partial charge < -0.3 is 11.1 Å². The summed E-state index contributed by atoms with van der Waals surface area (Å²) < 4.78 is -0.0326. The number of nitrogens with two attached hydrogens (primary N) is 1. The summed E-state index contributed by atoms with van der Waals surface area (Å²) in [5, 5.41) is 3.68. The average molecular weight is 410 g/mol. The molecule has 1 aromatic carbocycles. The minimum Gasteiger partial charge on any atom is -0.317 e. The Bertz CT molecular complexity index is 418. The Morgan fingerprint density at radius 1 is 1.18 bits per heavy atom. The van der Waals surface area contributed by atoms with Gasteiger partial charge in [-0.25, -0.2) is 0 Å². The summed E-state index contributed by atoms with van der Waals surface area (Å²) >= 11 is 2.46. The van der Waals surface area contributed by atoms with E-state index in [1.165, 1.54) is 24.8 Å². The molecule has 1 unspecified atom stereocenters. The second-order valence-electron chi connectivity index (χ2n) is 6.58. The lowest BCUT2D eigenvalue weighted by molar-refractivity contribution is 0.174. The molecule has 0 amide bonds. The maximum atomic E-state index is 6.47. The Morgan fingerprint density at radius 2 is 1.91 bits per heavy atom. The third kappa shape index (κ3) is 5.86. The first-order valence-electron chi connectivity index (χ1n) is 8.57. The number of rotatable bonds is 10. The molecule has 0 aliphatic heterocycles. The largest absolute Gasteiger partial charge is 0.317 e. The molecule has 0 saturated heterocycles. The molecule has 3 N–H and O–H groups in total. The summed E-state index contributed by atoms with van der Waals surface area (Å²) in [5.41, 5.74) is 7.91. The molecule has 22 heavy (non-hydrogen) atoms. The highest BCUT2D eigenvalue weighted by Crippen LogP contribution is 2.41. The second-order valence-corrected chi connectivity index (χ2v) is 8.59. The second kappa shape index (κ2) is 9.28. The van der Waals surface area contributed by atoms with Crippen molar-refractivity contribution >= 4 is 30.4 Å². The van der Waals surface area contributed by atoms with Crippen molar-refractivity contribution in [1.29, 1.82) is 0 Å². The van der Waals surface area contributed by atoms with Crippen LogP contribution in [0, 0.1) is 5.92 Å². The predicted molar refractivity (Wildman–Crippen MR) is 105 cm³/mol. The van der Waals surface area contributed by atoms with Crippen LogP contribution in [0.5, 0.6) is 0 Å². The summed E-state index contributed by atoms with van der Waals surface area (Å²) in [5.74, 6) is 0.664. The van der Waals surface area contributed by atoms with E-state index in [1.807, 2.05) is 0 Å². The minimum absolute atomic E-state index is 0.0326. The number of halogens is 1. The van der Waals surface area contributed by atoms with Crippen molar-refractivity contribution in [3.63, 3.8) is 0 Å². The Kier molecular flexibility index (Phi) is 7.71. The van der Waals surface area contributed by atoms with Crippen LogP contribution in [-0.2, 0) is 6.42 Å². The molecule has 1 aliphatic rings. The highest BCUT2D eigenvalue weighted by atomic mass is 127. The van der Waals surface area contributed by atoms with E-state index in [1.54, 1.807) is 0 Å². The fourth-order valence-corrected chi connectivity index (χ4v) is 4.05. The first-order chi connectivity index (χ1) is 10.6. The third-order valence-corrected chi connectivity index (χ3v) is 6.17. The average Bonchev–Trinajstić information content (AvgIpc) is 2.46. The molecule has 1 fully saturated rings. The Labute approximate surface area is 150 Å². The number of alkyl halides is 1. The molecule has 120 valence electrons. The van der Waals surface area contributed by atoms with Crippen LogP contribution in [0.2, 0.25) is 6.32 Å². The van der Waals surface area contributed by atoms with Gasteiger partial charge in [0.2, 0.25) is 0 Å². The normalized spacial score (nSPS) is 23.7. The van der Waals surface area contributed by atoms with Gasteiger partial charge in [0.25, 0.3) is 0 Å². The van der Waals surface area contributed by atoms with E-state index >= 15 is 0 Å². The van der Waals surface area contributed by atoms with E-state index in [4.69, 9.17) is 13.6 Å². The van der Waals surface area contributed by atoms with Crippen LogP contribution in [0.1, 0.15) is 44.1 Å². The van der Waals surface area contributed by atoms with Crippen molar-refractivity contribution in [2.24, 2.45) is 11.7 Å². The lowest BCUT2D eigenvalue weighted by atomic mass is 9.74. The molecular weight excluding hydrogens is 382 g/mol. The van der Waals surface area contributed by atoms with Gasteiger partial charge in [-0.3, -0.25) is 0 Å². The zero-order valence-corrected chi connectivity index (χ0v) is 15.6. The van der Waals surface area contributed by atoms with Crippen molar-refractivity contribution < 1.29 is 0 Å². The summed E-state index contributed by atoms with van der Waals surface area (Å²) in [6.45, 7) is 1.11. The van der Waals surface area contributed by atoms with E-state index in [0.29, 0.717) is 12.0 Å². The quantitative estimate of drug-likeness (QED) is 0.202. The monoisotopic (exact) mass is 410 g/mol. The highest BCUT2D eigenvalue weighted by molar-refractivity contribution is 14.1. The van der Waals surface area contributed by atoms with Crippen molar-refractivity contribution in [1.82, 2.24) is 5.32 Å². The van der Waals surface area contributed by atoms with Gasteiger partial charge in [0.1, 0.15) is 0 Å². The zero-order valence-electron chi connectivity index (χ0n) is 13.4. The molecule has 1 saturated carbocycles. The lowest BCUT2D eigenvalue weighted by Gasteiger charge is -2.44. The molecule has 1 atom stereocenters. The van der Waals surface area contributed by atoms with Crippen molar-refractivity contribution in [2.45, 2.75) is 60.9 Å². The SMILES string of the molecule is [B]CCCCC(N)(I)C1CC(NCCCc2ccccc2)C1. The van der Waals surface area contributed by atoms with E-state index in [-0.39, 0.29) is 3.55 Å². The molecule has 2 radical (unpaired) electrons. The number of aryl methyl sites for hydroxylation is 1. The molecule has 4 heteroatoms. The Balaban J connectivity index is 1.55. The maximum Gasteiger partial charge on any atom is 0.0710 e. The van der Waals surface area contributed by atoms with Crippen molar-refractivity contribution in [2.75, 3.05) is 6.54 Å². The molecular formula is C18H28BIN2. The molecule has 2 rings (SSSR count). The first-order valence-corrected chi connectivity index (χ1v) is 9.65. The molecule has 0 heterocycles. The summed E-state index contributed by atoms with van der Waals surface area (Å²) in [4.78, 5) is 0. The van der Waals surface area contributed by atoms with Gasteiger partial charge in [-0.15, -0.1) is 0 Å². The van der Waals surface area contributed by atoms with Crippen LogP contribution in [-0.4, -0.2) is 24.0 Å². The van der Waals surface area contributed by atoms with Gasteiger partial charge in [0, 0.05) is 6.04 Å². The Hall–Kier alpha value is -0.0651. The summed E-state index contributed by atoms with van der Waals surface area (Å²) in [6, 6.07) is 11.4. The number of unbranched alkanes of at least 4 members (excludes halogenated alkanes) is 1. The van der Waals surface area contributed by atoms with Crippen LogP contribution in [0.4, 0.5) is 0 Å². The van der Waals surface area contributed by atoms with Gasteiger partial charge in [0.05, 0.1) is 11.4 Å². The van der Waals surface area contributed by atoms with Gasteiger partial charge in [0.15, 0.2) is 0 Å². The standard InChI is InChI=1S/C18H28BIN2/c19-11-5-4-10-18(20,21)16-13-17(14-16)22-12-6-9-15-7-2-1-3-8-15/h1-3,7-8,16-17,22H,4-6,9-14,21H2. The molecule has 1 aromatic rings. The van der Waals surface area contributed by atoms with Gasteiger partial charge in [-0.05, 0) is 50.1 Å². The lowest BCUT2D eigenvalue weighted by Crippen LogP contribution is -2.53. The van der Waals surface area contributed by atoms with E-state index < -0.39 is 0 Å². The van der Waals surface area contributed by atoms with Crippen molar-refractivity contribution in [3.05, 3.63) is 35.9 Å². The minimum atomic E-state index is -0.0326. The molecule has 1 aliphatic carbocycles. The van der Waals surface area contributed by atoms with E-state index in [2.05, 4.69) is 58.2 Å². The van der Waals surface area contributed by atoms with E-state index in [0.717, 1.165) is 38.5 Å². The topological polar surface area (TPSA) is 38.0 Å². The smallest absolute Gasteiger partial charge is 0.0710 e. The number of nitrogens with one attached hydrogen (secondary N) is 1. The van der Waals surface area contributed by atoms with Gasteiger partial charge >= 0.3 is 0 Å². The third-order valence-electron chi connectivity index (χ3n) is 4.75. The zero-order chi connectivity index (χ0) is 15.8. The van der Waals surface area contributed by atoms with Gasteiger partial charge in [-0.2, -0.15) is 0 Å². The summed E-state index contributed by atoms with van der Waals surface area (Å²) in [7, 11) is 5.56. The molecule has 0 aromatic heterocycles. The molecule has 0 bridgehead atoms. The van der Waals surface area contributed by atoms with Crippen molar-refractivity contribution in [3.8, 4) is 0 Å². The van der Waals surface area contributed by atoms with Crippen LogP contribution in [0.3, 0.4) is 0 Å². The van der Waals surface area contributed by atoms with Crippen LogP contribution >= 0.6 is 22.6 Å². The highest BCUT2D eigenvalue weighted by Gasteiger charge is 2.40. The Morgan fingerprint density at radius 3 is 2.59 bits per heavy atom. The molecule has 0 spiro atoms. The fourth-order valence-electron chi connectivity index (χ4n) is 3.16. The number of benzene rings is 1. The maximum absolute atomic E-state index is 6.47. The van der Waals surface area contributed by atoms with Gasteiger partial charge in [-0.1, -0.05) is 72.1 Å². The fraction of sp³-hybridized carbons (Fsp3) is 0.667. The number of hydrogen-bond donors (Lipinski definition) is 2. The predicted octanol–water partition coefficient (Wildman–Crippen LogP) is 3.83. The first kappa shape index (κ1) is 18.3. The van der Waals surface area contributed by atoms with Crippen LogP contribution < -0.4 is 11.1 Å². The molecule has 2 nitrogen and oxygen atoms in total.